The number of carbonyl (C=O) groups is 3. The molecule has 0 aromatic heterocycles. The maximum absolute atomic E-state index is 12.3. The van der Waals surface area contributed by atoms with Crippen LogP contribution in [-0.2, 0) is 27.2 Å². The fraction of sp³-hybridized carbons (Fsp3) is 0.318. The fourth-order valence-electron chi connectivity index (χ4n) is 3.93. The van der Waals surface area contributed by atoms with Gasteiger partial charge in [-0.05, 0) is 60.1 Å². The number of thioether (sulfide) groups is 1. The van der Waals surface area contributed by atoms with E-state index in [4.69, 9.17) is 0 Å². The molecule has 0 spiro atoms. The Hall–Kier alpha value is -2.84. The second kappa shape index (κ2) is 8.49. The van der Waals surface area contributed by atoms with Crippen molar-refractivity contribution in [2.24, 2.45) is 0 Å². The van der Waals surface area contributed by atoms with Crippen molar-refractivity contribution < 1.29 is 19.5 Å². The standard InChI is InChI=1S/C22H23N3O4S/c1-30-17-5-2-13(3-6-17)18(26)12-23-21(28)22(29)24-16-10-14-4-7-19(27)25-9-8-15(11-16)20(14)25/h2-3,5-6,10-11,18,26H,4,7-9,12H2,1H3,(H,23,28)(H,24,29). The minimum atomic E-state index is -0.898. The van der Waals surface area contributed by atoms with Crippen LogP contribution in [0.5, 0.6) is 0 Å². The maximum Gasteiger partial charge on any atom is 0.313 e. The van der Waals surface area contributed by atoms with Gasteiger partial charge in [0, 0.05) is 30.1 Å². The number of hydrogen-bond donors (Lipinski definition) is 3. The van der Waals surface area contributed by atoms with Crippen molar-refractivity contribution in [2.75, 3.05) is 29.6 Å². The van der Waals surface area contributed by atoms with Crippen LogP contribution in [0, 0.1) is 0 Å². The van der Waals surface area contributed by atoms with Gasteiger partial charge in [0.1, 0.15) is 0 Å². The highest BCUT2D eigenvalue weighted by molar-refractivity contribution is 7.98. The lowest BCUT2D eigenvalue weighted by Crippen LogP contribution is -2.37. The summed E-state index contributed by atoms with van der Waals surface area (Å²) in [5.41, 5.74) is 4.22. The number of anilines is 2. The van der Waals surface area contributed by atoms with Gasteiger partial charge >= 0.3 is 11.8 Å². The number of nitrogens with one attached hydrogen (secondary N) is 2. The van der Waals surface area contributed by atoms with Gasteiger partial charge in [-0.2, -0.15) is 0 Å². The molecule has 0 aliphatic carbocycles. The topological polar surface area (TPSA) is 98.7 Å². The molecule has 0 fully saturated rings. The summed E-state index contributed by atoms with van der Waals surface area (Å²) in [4.78, 5) is 39.4. The van der Waals surface area contributed by atoms with Gasteiger partial charge in [0.2, 0.25) is 5.91 Å². The van der Waals surface area contributed by atoms with Crippen molar-refractivity contribution in [3.05, 3.63) is 53.1 Å². The minimum absolute atomic E-state index is 0.0582. The Morgan fingerprint density at radius 1 is 1.10 bits per heavy atom. The van der Waals surface area contributed by atoms with E-state index >= 15 is 0 Å². The second-order valence-electron chi connectivity index (χ2n) is 7.39. The number of aliphatic hydroxyl groups is 1. The Morgan fingerprint density at radius 2 is 1.80 bits per heavy atom. The number of benzene rings is 2. The van der Waals surface area contributed by atoms with Crippen LogP contribution in [0.4, 0.5) is 11.4 Å². The van der Waals surface area contributed by atoms with E-state index in [1.807, 2.05) is 30.5 Å². The van der Waals surface area contributed by atoms with Crippen LogP contribution in [0.25, 0.3) is 0 Å². The zero-order chi connectivity index (χ0) is 21.3. The molecule has 3 N–H and O–H groups in total. The summed E-state index contributed by atoms with van der Waals surface area (Å²) in [6, 6.07) is 11.0. The van der Waals surface area contributed by atoms with Crippen molar-refractivity contribution in [1.82, 2.24) is 5.32 Å². The molecule has 8 heteroatoms. The molecule has 156 valence electrons. The third kappa shape index (κ3) is 4.06. The monoisotopic (exact) mass is 425 g/mol. The van der Waals surface area contributed by atoms with Crippen LogP contribution in [0.1, 0.15) is 29.2 Å². The first-order valence-electron chi connectivity index (χ1n) is 9.83. The van der Waals surface area contributed by atoms with E-state index in [1.54, 1.807) is 28.8 Å². The van der Waals surface area contributed by atoms with Gasteiger partial charge < -0.3 is 20.6 Å². The van der Waals surface area contributed by atoms with E-state index < -0.39 is 17.9 Å². The molecule has 2 aliphatic rings. The van der Waals surface area contributed by atoms with Crippen LogP contribution in [0.2, 0.25) is 0 Å². The normalized spacial score (nSPS) is 15.5. The molecule has 3 amide bonds. The number of amides is 3. The summed E-state index contributed by atoms with van der Waals surface area (Å²) in [7, 11) is 0. The van der Waals surface area contributed by atoms with Gasteiger partial charge in [0.05, 0.1) is 11.8 Å². The van der Waals surface area contributed by atoms with Gasteiger partial charge in [-0.25, -0.2) is 0 Å². The lowest BCUT2D eigenvalue weighted by molar-refractivity contribution is -0.136. The zero-order valence-electron chi connectivity index (χ0n) is 16.6. The molecular weight excluding hydrogens is 402 g/mol. The average molecular weight is 426 g/mol. The molecule has 0 radical (unpaired) electrons. The number of aryl methyl sites for hydroxylation is 1. The molecular formula is C22H23N3O4S. The second-order valence-corrected chi connectivity index (χ2v) is 8.27. The molecule has 1 atom stereocenters. The number of rotatable bonds is 5. The maximum atomic E-state index is 12.3. The van der Waals surface area contributed by atoms with Crippen molar-refractivity contribution in [1.29, 1.82) is 0 Å². The molecule has 0 saturated carbocycles. The lowest BCUT2D eigenvalue weighted by Gasteiger charge is -2.25. The molecule has 2 aromatic rings. The molecule has 4 rings (SSSR count). The highest BCUT2D eigenvalue weighted by Gasteiger charge is 2.31. The quantitative estimate of drug-likeness (QED) is 0.503. The Balaban J connectivity index is 1.36. The number of nitrogens with zero attached hydrogens (tertiary/aromatic N) is 1. The first-order valence-corrected chi connectivity index (χ1v) is 11.1. The van der Waals surface area contributed by atoms with Gasteiger partial charge in [0.25, 0.3) is 0 Å². The van der Waals surface area contributed by atoms with Crippen LogP contribution in [-0.4, -0.2) is 42.2 Å². The van der Waals surface area contributed by atoms with Crippen molar-refractivity contribution in [3.63, 3.8) is 0 Å². The van der Waals surface area contributed by atoms with Crippen molar-refractivity contribution in [2.45, 2.75) is 30.3 Å². The highest BCUT2D eigenvalue weighted by Crippen LogP contribution is 2.38. The van der Waals surface area contributed by atoms with Gasteiger partial charge in [0.15, 0.2) is 0 Å². The van der Waals surface area contributed by atoms with Gasteiger partial charge in [-0.15, -0.1) is 11.8 Å². The van der Waals surface area contributed by atoms with Gasteiger partial charge in [-0.1, -0.05) is 12.1 Å². The molecule has 2 aromatic carbocycles. The molecule has 30 heavy (non-hydrogen) atoms. The summed E-state index contributed by atoms with van der Waals surface area (Å²) in [6.45, 7) is 0.603. The molecule has 2 aliphatic heterocycles. The summed E-state index contributed by atoms with van der Waals surface area (Å²) in [6.07, 6.45) is 2.90. The average Bonchev–Trinajstić information content (AvgIpc) is 3.19. The van der Waals surface area contributed by atoms with E-state index in [0.29, 0.717) is 30.6 Å². The Morgan fingerprint density at radius 3 is 2.50 bits per heavy atom. The summed E-state index contributed by atoms with van der Waals surface area (Å²) in [5.74, 6) is -1.45. The molecule has 1 unspecified atom stereocenters. The van der Waals surface area contributed by atoms with Crippen LogP contribution in [0.15, 0.2) is 41.3 Å². The molecule has 0 saturated heterocycles. The largest absolute Gasteiger partial charge is 0.387 e. The Kier molecular flexibility index (Phi) is 5.78. The third-order valence-corrected chi connectivity index (χ3v) is 6.22. The first kappa shape index (κ1) is 20.4. The Labute approximate surface area is 178 Å². The summed E-state index contributed by atoms with van der Waals surface area (Å²) >= 11 is 1.60. The van der Waals surface area contributed by atoms with Crippen LogP contribution in [0.3, 0.4) is 0 Å². The minimum Gasteiger partial charge on any atom is -0.387 e. The van der Waals surface area contributed by atoms with Crippen molar-refractivity contribution >= 4 is 40.9 Å². The van der Waals surface area contributed by atoms with E-state index in [1.165, 1.54) is 0 Å². The fourth-order valence-corrected chi connectivity index (χ4v) is 4.34. The summed E-state index contributed by atoms with van der Waals surface area (Å²) < 4.78 is 0. The zero-order valence-corrected chi connectivity index (χ0v) is 17.4. The van der Waals surface area contributed by atoms with E-state index in [9.17, 15) is 19.5 Å². The SMILES string of the molecule is CSc1ccc(C(O)CNC(=O)C(=O)Nc2cc3c4c(c2)CCN4C(=O)CC3)cc1. The molecule has 2 heterocycles. The van der Waals surface area contributed by atoms with Gasteiger partial charge in [-0.3, -0.25) is 14.4 Å². The smallest absolute Gasteiger partial charge is 0.313 e. The lowest BCUT2D eigenvalue weighted by atomic mass is 9.98. The molecule has 0 bridgehead atoms. The van der Waals surface area contributed by atoms with E-state index in [-0.39, 0.29) is 12.5 Å². The number of carbonyl (C=O) groups excluding carboxylic acids is 3. The third-order valence-electron chi connectivity index (χ3n) is 5.47. The van der Waals surface area contributed by atoms with Crippen molar-refractivity contribution in [3.8, 4) is 0 Å². The van der Waals surface area contributed by atoms with E-state index in [0.717, 1.165) is 28.1 Å². The number of hydrogen-bond acceptors (Lipinski definition) is 5. The summed E-state index contributed by atoms with van der Waals surface area (Å²) in [5, 5.41) is 15.4. The van der Waals surface area contributed by atoms with E-state index in [2.05, 4.69) is 10.6 Å². The predicted octanol–water partition coefficient (Wildman–Crippen LogP) is 2.03. The molecule has 7 nitrogen and oxygen atoms in total. The highest BCUT2D eigenvalue weighted by atomic mass is 32.2. The first-order chi connectivity index (χ1) is 14.5. The predicted molar refractivity (Wildman–Crippen MR) is 116 cm³/mol. The number of aliphatic hydroxyl groups excluding tert-OH is 1. The Bertz CT molecular complexity index is 1010. The van der Waals surface area contributed by atoms with Crippen LogP contribution >= 0.6 is 11.8 Å². The van der Waals surface area contributed by atoms with Crippen LogP contribution < -0.4 is 15.5 Å².